The average molecular weight is 380 g/mol. The summed E-state index contributed by atoms with van der Waals surface area (Å²) < 4.78 is 6.94. The van der Waals surface area contributed by atoms with Gasteiger partial charge in [-0.25, -0.2) is 4.98 Å². The summed E-state index contributed by atoms with van der Waals surface area (Å²) in [4.78, 5) is 26.7. The van der Waals surface area contributed by atoms with Crippen molar-refractivity contribution < 1.29 is 24.5 Å². The molecule has 9 heteroatoms. The zero-order valence-electron chi connectivity index (χ0n) is 14.8. The third kappa shape index (κ3) is 3.57. The van der Waals surface area contributed by atoms with Gasteiger partial charge in [0.25, 0.3) is 5.91 Å². The summed E-state index contributed by atoms with van der Waals surface area (Å²) in [6.45, 7) is -0.238. The van der Waals surface area contributed by atoms with Gasteiger partial charge in [-0.15, -0.1) is 0 Å². The number of benzene rings is 1. The summed E-state index contributed by atoms with van der Waals surface area (Å²) >= 11 is 0. The molecule has 3 N–H and O–H groups in total. The quantitative estimate of drug-likeness (QED) is 0.589. The van der Waals surface area contributed by atoms with Crippen LogP contribution in [0.15, 0.2) is 36.5 Å². The van der Waals surface area contributed by atoms with E-state index in [1.165, 1.54) is 0 Å². The van der Waals surface area contributed by atoms with Crippen molar-refractivity contribution in [1.29, 1.82) is 5.26 Å². The average Bonchev–Trinajstić information content (AvgIpc) is 3.11. The molecular formula is C19H16N4O5. The van der Waals surface area contributed by atoms with Crippen molar-refractivity contribution in [3.8, 4) is 17.6 Å². The lowest BCUT2D eigenvalue weighted by Crippen LogP contribution is -2.30. The number of nitrogens with one attached hydrogen (secondary N) is 1. The number of carboxylic acids is 1. The molecule has 3 aromatic rings. The van der Waals surface area contributed by atoms with E-state index in [0.29, 0.717) is 17.8 Å². The smallest absolute Gasteiger partial charge is 0.322 e. The van der Waals surface area contributed by atoms with Crippen LogP contribution in [0.3, 0.4) is 0 Å². The third-order valence-electron chi connectivity index (χ3n) is 4.10. The predicted molar refractivity (Wildman–Crippen MR) is 98.2 cm³/mol. The number of rotatable bonds is 6. The van der Waals surface area contributed by atoms with Crippen LogP contribution in [0.25, 0.3) is 10.9 Å². The molecular weight excluding hydrogens is 364 g/mol. The lowest BCUT2D eigenvalue weighted by molar-refractivity contribution is -0.135. The van der Waals surface area contributed by atoms with E-state index in [0.717, 1.165) is 5.56 Å². The normalized spacial score (nSPS) is 10.4. The number of aliphatic carboxylic acids is 1. The van der Waals surface area contributed by atoms with Gasteiger partial charge in [0.15, 0.2) is 17.1 Å². The number of carboxylic acid groups (broad SMARTS) is 1. The van der Waals surface area contributed by atoms with E-state index in [2.05, 4.69) is 10.3 Å². The Labute approximate surface area is 159 Å². The highest BCUT2D eigenvalue weighted by Gasteiger charge is 2.22. The fraction of sp³-hybridized carbons (Fsp3) is 0.158. The molecule has 0 aliphatic heterocycles. The number of pyridine rings is 1. The number of hydrogen-bond donors (Lipinski definition) is 3. The lowest BCUT2D eigenvalue weighted by atomic mass is 10.1. The van der Waals surface area contributed by atoms with Gasteiger partial charge >= 0.3 is 5.97 Å². The van der Waals surface area contributed by atoms with Gasteiger partial charge in [0.05, 0.1) is 12.6 Å². The maximum absolute atomic E-state index is 12.1. The number of carbonyl (C=O) groups is 2. The van der Waals surface area contributed by atoms with Crippen LogP contribution in [-0.4, -0.2) is 45.3 Å². The SMILES string of the molecule is COc1cccc(Cn2ccc3c(O)c(C(=O)NCC(=O)O)nc(C#N)c32)c1. The number of amides is 1. The van der Waals surface area contributed by atoms with E-state index in [4.69, 9.17) is 9.84 Å². The Bertz CT molecular complexity index is 1110. The third-order valence-corrected chi connectivity index (χ3v) is 4.10. The van der Waals surface area contributed by atoms with Crippen LogP contribution in [0.2, 0.25) is 0 Å². The first-order chi connectivity index (χ1) is 13.4. The summed E-state index contributed by atoms with van der Waals surface area (Å²) in [6.07, 6.45) is 1.67. The molecule has 0 fully saturated rings. The summed E-state index contributed by atoms with van der Waals surface area (Å²) in [5, 5.41) is 31.0. The van der Waals surface area contributed by atoms with Crippen molar-refractivity contribution in [3.05, 3.63) is 53.5 Å². The number of nitriles is 1. The Morgan fingerprint density at radius 1 is 1.36 bits per heavy atom. The van der Waals surface area contributed by atoms with Crippen LogP contribution < -0.4 is 10.1 Å². The Kier molecular flexibility index (Phi) is 5.13. The summed E-state index contributed by atoms with van der Waals surface area (Å²) in [7, 11) is 1.57. The Morgan fingerprint density at radius 3 is 2.82 bits per heavy atom. The van der Waals surface area contributed by atoms with Crippen LogP contribution in [-0.2, 0) is 11.3 Å². The second kappa shape index (κ2) is 7.67. The minimum Gasteiger partial charge on any atom is -0.505 e. The molecule has 0 radical (unpaired) electrons. The molecule has 0 aliphatic rings. The van der Waals surface area contributed by atoms with Crippen LogP contribution in [0.1, 0.15) is 21.7 Å². The highest BCUT2D eigenvalue weighted by Crippen LogP contribution is 2.31. The molecule has 2 heterocycles. The van der Waals surface area contributed by atoms with Gasteiger partial charge in [-0.1, -0.05) is 12.1 Å². The number of ether oxygens (including phenoxy) is 1. The summed E-state index contributed by atoms with van der Waals surface area (Å²) in [6, 6.07) is 10.9. The van der Waals surface area contributed by atoms with E-state index in [9.17, 15) is 20.0 Å². The van der Waals surface area contributed by atoms with Gasteiger partial charge in [-0.2, -0.15) is 5.26 Å². The van der Waals surface area contributed by atoms with Crippen LogP contribution in [0.4, 0.5) is 0 Å². The van der Waals surface area contributed by atoms with Gasteiger partial charge in [0.2, 0.25) is 0 Å². The maximum atomic E-state index is 12.1. The number of aromatic hydroxyl groups is 1. The van der Waals surface area contributed by atoms with Gasteiger partial charge in [-0.3, -0.25) is 9.59 Å². The van der Waals surface area contributed by atoms with Crippen molar-refractivity contribution in [2.45, 2.75) is 6.54 Å². The molecule has 142 valence electrons. The first-order valence-electron chi connectivity index (χ1n) is 8.19. The minimum atomic E-state index is -1.24. The minimum absolute atomic E-state index is 0.0545. The van der Waals surface area contributed by atoms with Crippen LogP contribution in [0.5, 0.6) is 11.5 Å². The molecule has 0 atom stereocenters. The second-order valence-electron chi connectivity index (χ2n) is 5.90. The van der Waals surface area contributed by atoms with E-state index in [-0.39, 0.29) is 11.1 Å². The molecule has 2 aromatic heterocycles. The predicted octanol–water partition coefficient (Wildman–Crippen LogP) is 1.48. The number of hydrogen-bond acceptors (Lipinski definition) is 6. The van der Waals surface area contributed by atoms with Crippen LogP contribution >= 0.6 is 0 Å². The highest BCUT2D eigenvalue weighted by molar-refractivity contribution is 6.03. The van der Waals surface area contributed by atoms with Crippen molar-refractivity contribution in [3.63, 3.8) is 0 Å². The fourth-order valence-corrected chi connectivity index (χ4v) is 2.85. The maximum Gasteiger partial charge on any atom is 0.322 e. The molecule has 1 aromatic carbocycles. The van der Waals surface area contributed by atoms with E-state index in [1.807, 2.05) is 30.3 Å². The van der Waals surface area contributed by atoms with Crippen LogP contribution in [0, 0.1) is 11.3 Å². The summed E-state index contributed by atoms with van der Waals surface area (Å²) in [5.74, 6) is -1.84. The zero-order valence-corrected chi connectivity index (χ0v) is 14.8. The van der Waals surface area contributed by atoms with Gasteiger partial charge in [0.1, 0.15) is 18.4 Å². The largest absolute Gasteiger partial charge is 0.505 e. The molecule has 0 unspecified atom stereocenters. The van der Waals surface area contributed by atoms with E-state index >= 15 is 0 Å². The summed E-state index contributed by atoms with van der Waals surface area (Å²) in [5.41, 5.74) is 0.826. The van der Waals surface area contributed by atoms with E-state index < -0.39 is 29.9 Å². The highest BCUT2D eigenvalue weighted by atomic mass is 16.5. The van der Waals surface area contributed by atoms with E-state index in [1.54, 1.807) is 23.9 Å². The number of methoxy groups -OCH3 is 1. The molecule has 1 amide bonds. The van der Waals surface area contributed by atoms with Crippen molar-refractivity contribution in [1.82, 2.24) is 14.9 Å². The van der Waals surface area contributed by atoms with Gasteiger partial charge in [0, 0.05) is 18.1 Å². The molecule has 0 spiro atoms. The number of fused-ring (bicyclic) bond motifs is 1. The van der Waals surface area contributed by atoms with Gasteiger partial charge in [-0.05, 0) is 23.8 Å². The van der Waals surface area contributed by atoms with Crippen molar-refractivity contribution in [2.75, 3.05) is 13.7 Å². The number of carbonyl (C=O) groups excluding carboxylic acids is 1. The van der Waals surface area contributed by atoms with Crippen molar-refractivity contribution in [2.24, 2.45) is 0 Å². The molecule has 0 saturated carbocycles. The first-order valence-corrected chi connectivity index (χ1v) is 8.19. The fourth-order valence-electron chi connectivity index (χ4n) is 2.85. The topological polar surface area (TPSA) is 137 Å². The molecule has 0 aliphatic carbocycles. The lowest BCUT2D eigenvalue weighted by Gasteiger charge is -2.10. The Hall–Kier alpha value is -4.06. The monoisotopic (exact) mass is 380 g/mol. The van der Waals surface area contributed by atoms with Crippen molar-refractivity contribution >= 4 is 22.8 Å². The molecule has 0 saturated heterocycles. The Balaban J connectivity index is 2.04. The second-order valence-corrected chi connectivity index (χ2v) is 5.90. The molecule has 9 nitrogen and oxygen atoms in total. The van der Waals surface area contributed by atoms with Gasteiger partial charge < -0.3 is 24.8 Å². The zero-order chi connectivity index (χ0) is 20.3. The standard InChI is InChI=1S/C19H16N4O5/c1-28-12-4-2-3-11(7-12)10-23-6-5-13-17(23)14(8-20)22-16(18(13)26)19(27)21-9-15(24)25/h2-7,26H,9-10H2,1H3,(H,21,27)(H,24,25). The molecule has 28 heavy (non-hydrogen) atoms. The first kappa shape index (κ1) is 18.7. The molecule has 3 rings (SSSR count). The Morgan fingerprint density at radius 2 is 2.14 bits per heavy atom. The molecule has 0 bridgehead atoms. The number of aromatic nitrogens is 2. The number of nitrogens with zero attached hydrogens (tertiary/aromatic N) is 3.